The summed E-state index contributed by atoms with van der Waals surface area (Å²) in [6, 6.07) is 0. The molecule has 2 N–H and O–H groups in total. The summed E-state index contributed by atoms with van der Waals surface area (Å²) in [6.07, 6.45) is 5.82. The van der Waals surface area contributed by atoms with Crippen molar-refractivity contribution in [2.75, 3.05) is 26.2 Å². The monoisotopic (exact) mass is 269 g/mol. The summed E-state index contributed by atoms with van der Waals surface area (Å²) in [5.41, 5.74) is 5.97. The third-order valence-electron chi connectivity index (χ3n) is 4.07. The van der Waals surface area contributed by atoms with Gasteiger partial charge in [0.15, 0.2) is 11.7 Å². The van der Waals surface area contributed by atoms with E-state index in [4.69, 9.17) is 15.2 Å². The molecule has 1 heterocycles. The van der Waals surface area contributed by atoms with Crippen LogP contribution in [0.3, 0.4) is 0 Å². The maximum Gasteiger partial charge on any atom is 0.191 e. The molecule has 1 saturated heterocycles. The molecule has 2 rings (SSSR count). The molecule has 1 saturated carbocycles. The Hall–Kier alpha value is -0.810. The molecule has 2 fully saturated rings. The van der Waals surface area contributed by atoms with Crippen molar-refractivity contribution in [3.63, 3.8) is 0 Å². The zero-order valence-corrected chi connectivity index (χ0v) is 12.2. The van der Waals surface area contributed by atoms with E-state index in [1.54, 1.807) is 0 Å². The smallest absolute Gasteiger partial charge is 0.191 e. The second-order valence-electron chi connectivity index (χ2n) is 5.39. The lowest BCUT2D eigenvalue weighted by Gasteiger charge is -2.31. The van der Waals surface area contributed by atoms with Crippen molar-refractivity contribution < 1.29 is 9.47 Å². The highest BCUT2D eigenvalue weighted by Crippen LogP contribution is 2.37. The Morgan fingerprint density at radius 3 is 2.58 bits per heavy atom. The molecule has 5 nitrogen and oxygen atoms in total. The van der Waals surface area contributed by atoms with Crippen LogP contribution in [0.15, 0.2) is 4.99 Å². The molecule has 1 aliphatic carbocycles. The average molecular weight is 269 g/mol. The van der Waals surface area contributed by atoms with Gasteiger partial charge in [0.05, 0.1) is 13.2 Å². The molecule has 1 atom stereocenters. The lowest BCUT2D eigenvalue weighted by molar-refractivity contribution is -0.186. The van der Waals surface area contributed by atoms with Crippen LogP contribution < -0.4 is 5.73 Å². The number of hydrogen-bond acceptors (Lipinski definition) is 3. The molecule has 110 valence electrons. The summed E-state index contributed by atoms with van der Waals surface area (Å²) < 4.78 is 12.0. The molecule has 2 aliphatic rings. The van der Waals surface area contributed by atoms with Crippen molar-refractivity contribution in [3.8, 4) is 0 Å². The minimum absolute atomic E-state index is 0.0622. The molecule has 1 unspecified atom stereocenters. The highest BCUT2D eigenvalue weighted by molar-refractivity contribution is 5.78. The second kappa shape index (κ2) is 6.57. The third kappa shape index (κ3) is 3.60. The predicted molar refractivity (Wildman–Crippen MR) is 76.1 cm³/mol. The Kier molecular flexibility index (Phi) is 5.05. The lowest BCUT2D eigenvalue weighted by atomic mass is 9.94. The van der Waals surface area contributed by atoms with Gasteiger partial charge in [-0.3, -0.25) is 4.99 Å². The number of nitrogens with zero attached hydrogens (tertiary/aromatic N) is 2. The van der Waals surface area contributed by atoms with Crippen LogP contribution in [0.25, 0.3) is 0 Å². The average Bonchev–Trinajstić information content (AvgIpc) is 2.82. The number of guanidine groups is 1. The van der Waals surface area contributed by atoms with Crippen LogP contribution in [-0.4, -0.2) is 49.0 Å². The van der Waals surface area contributed by atoms with E-state index in [2.05, 4.69) is 18.8 Å². The first-order valence-electron chi connectivity index (χ1n) is 7.56. The van der Waals surface area contributed by atoms with E-state index in [0.717, 1.165) is 25.9 Å². The SMILES string of the molecule is CCN(CC)C(N)=NCC1COC2(CCCCC2)O1. The first-order chi connectivity index (χ1) is 9.19. The van der Waals surface area contributed by atoms with Crippen molar-refractivity contribution in [2.24, 2.45) is 10.7 Å². The standard InChI is InChI=1S/C14H27N3O2/c1-3-17(4-2)13(15)16-10-12-11-18-14(19-12)8-6-5-7-9-14/h12H,3-11H2,1-2H3,(H2,15,16). The fourth-order valence-electron chi connectivity index (χ4n) is 2.90. The van der Waals surface area contributed by atoms with Crippen LogP contribution in [0, 0.1) is 0 Å². The summed E-state index contributed by atoms with van der Waals surface area (Å²) in [5.74, 6) is 0.306. The van der Waals surface area contributed by atoms with Crippen LogP contribution in [0.1, 0.15) is 46.0 Å². The van der Waals surface area contributed by atoms with Gasteiger partial charge in [0, 0.05) is 25.9 Å². The minimum Gasteiger partial charge on any atom is -0.370 e. The van der Waals surface area contributed by atoms with Crippen LogP contribution in [0.2, 0.25) is 0 Å². The fraction of sp³-hybridized carbons (Fsp3) is 0.929. The first-order valence-corrected chi connectivity index (χ1v) is 7.56. The summed E-state index contributed by atoms with van der Waals surface area (Å²) in [7, 11) is 0. The molecule has 0 aromatic carbocycles. The maximum atomic E-state index is 6.08. The summed E-state index contributed by atoms with van der Waals surface area (Å²) in [6.45, 7) is 7.19. The first kappa shape index (κ1) is 14.6. The van der Waals surface area contributed by atoms with E-state index in [1.807, 2.05) is 4.90 Å². The maximum absolute atomic E-state index is 6.08. The van der Waals surface area contributed by atoms with Gasteiger partial charge in [0.25, 0.3) is 0 Å². The Bertz CT molecular complexity index is 310. The van der Waals surface area contributed by atoms with Crippen LogP contribution in [-0.2, 0) is 9.47 Å². The van der Waals surface area contributed by atoms with E-state index < -0.39 is 0 Å². The van der Waals surface area contributed by atoms with Crippen LogP contribution in [0.5, 0.6) is 0 Å². The molecule has 1 aliphatic heterocycles. The van der Waals surface area contributed by atoms with E-state index in [0.29, 0.717) is 19.1 Å². The van der Waals surface area contributed by atoms with Gasteiger partial charge in [-0.25, -0.2) is 0 Å². The number of ether oxygens (including phenoxy) is 2. The van der Waals surface area contributed by atoms with Crippen LogP contribution in [0.4, 0.5) is 0 Å². The van der Waals surface area contributed by atoms with Gasteiger partial charge >= 0.3 is 0 Å². The topological polar surface area (TPSA) is 60.1 Å². The normalized spacial score (nSPS) is 26.8. The highest BCUT2D eigenvalue weighted by atomic mass is 16.7. The molecule has 1 spiro atoms. The minimum atomic E-state index is -0.303. The van der Waals surface area contributed by atoms with Gasteiger partial charge in [0.2, 0.25) is 0 Å². The van der Waals surface area contributed by atoms with Gasteiger partial charge in [0.1, 0.15) is 6.10 Å². The number of nitrogens with two attached hydrogens (primary N) is 1. The Balaban J connectivity index is 1.83. The molecular formula is C14H27N3O2. The van der Waals surface area contributed by atoms with Gasteiger partial charge in [-0.15, -0.1) is 0 Å². The summed E-state index contributed by atoms with van der Waals surface area (Å²) >= 11 is 0. The quantitative estimate of drug-likeness (QED) is 0.623. The molecule has 0 bridgehead atoms. The molecule has 0 radical (unpaired) electrons. The fourth-order valence-corrected chi connectivity index (χ4v) is 2.90. The molecule has 0 aromatic rings. The van der Waals surface area contributed by atoms with Crippen molar-refractivity contribution in [1.82, 2.24) is 4.90 Å². The zero-order chi connectivity index (χ0) is 13.7. The van der Waals surface area contributed by atoms with Crippen molar-refractivity contribution >= 4 is 5.96 Å². The molecular weight excluding hydrogens is 242 g/mol. The Morgan fingerprint density at radius 2 is 1.95 bits per heavy atom. The van der Waals surface area contributed by atoms with Gasteiger partial charge < -0.3 is 20.1 Å². The van der Waals surface area contributed by atoms with Gasteiger partial charge in [-0.05, 0) is 26.7 Å². The summed E-state index contributed by atoms with van der Waals surface area (Å²) in [4.78, 5) is 6.49. The van der Waals surface area contributed by atoms with Crippen LogP contribution >= 0.6 is 0 Å². The van der Waals surface area contributed by atoms with Crippen molar-refractivity contribution in [1.29, 1.82) is 0 Å². The largest absolute Gasteiger partial charge is 0.370 e. The van der Waals surface area contributed by atoms with Crippen molar-refractivity contribution in [2.45, 2.75) is 57.8 Å². The van der Waals surface area contributed by atoms with E-state index in [9.17, 15) is 0 Å². The zero-order valence-electron chi connectivity index (χ0n) is 12.2. The highest BCUT2D eigenvalue weighted by Gasteiger charge is 2.42. The van der Waals surface area contributed by atoms with E-state index >= 15 is 0 Å². The van der Waals surface area contributed by atoms with E-state index in [1.165, 1.54) is 19.3 Å². The third-order valence-corrected chi connectivity index (χ3v) is 4.07. The number of aliphatic imine (C=N–C) groups is 1. The van der Waals surface area contributed by atoms with Crippen molar-refractivity contribution in [3.05, 3.63) is 0 Å². The number of hydrogen-bond donors (Lipinski definition) is 1. The second-order valence-corrected chi connectivity index (χ2v) is 5.39. The predicted octanol–water partition coefficient (Wildman–Crippen LogP) is 1.72. The molecule has 5 heteroatoms. The van der Waals surface area contributed by atoms with Gasteiger partial charge in [-0.1, -0.05) is 6.42 Å². The Morgan fingerprint density at radius 1 is 1.26 bits per heavy atom. The van der Waals surface area contributed by atoms with E-state index in [-0.39, 0.29) is 11.9 Å². The Labute approximate surface area is 116 Å². The molecule has 0 aromatic heterocycles. The molecule has 0 amide bonds. The molecule has 19 heavy (non-hydrogen) atoms. The lowest BCUT2D eigenvalue weighted by Crippen LogP contribution is -2.38. The van der Waals surface area contributed by atoms with Gasteiger partial charge in [-0.2, -0.15) is 0 Å². The summed E-state index contributed by atoms with van der Waals surface area (Å²) in [5, 5.41) is 0. The number of rotatable bonds is 4.